The molecule has 0 atom stereocenters. The van der Waals surface area contributed by atoms with Crippen LogP contribution >= 0.6 is 0 Å². The summed E-state index contributed by atoms with van der Waals surface area (Å²) in [6, 6.07) is 8.26. The van der Waals surface area contributed by atoms with Crippen molar-refractivity contribution >= 4 is 11.9 Å². The molecule has 88 valence electrons. The van der Waals surface area contributed by atoms with E-state index in [1.165, 1.54) is 31.2 Å². The SMILES string of the molecule is CCCCCC/C=N/Nc1ccc(C)cc1. The van der Waals surface area contributed by atoms with Gasteiger partial charge >= 0.3 is 0 Å². The van der Waals surface area contributed by atoms with E-state index < -0.39 is 0 Å². The maximum absolute atomic E-state index is 4.19. The molecule has 16 heavy (non-hydrogen) atoms. The van der Waals surface area contributed by atoms with Gasteiger partial charge in [0.2, 0.25) is 0 Å². The predicted octanol–water partition coefficient (Wildman–Crippen LogP) is 4.36. The molecule has 0 fully saturated rings. The van der Waals surface area contributed by atoms with E-state index >= 15 is 0 Å². The van der Waals surface area contributed by atoms with Crippen molar-refractivity contribution in [3.05, 3.63) is 29.8 Å². The minimum atomic E-state index is 1.05. The van der Waals surface area contributed by atoms with Crippen LogP contribution in [0.1, 0.15) is 44.6 Å². The van der Waals surface area contributed by atoms with E-state index in [0.717, 1.165) is 12.1 Å². The van der Waals surface area contributed by atoms with Crippen molar-refractivity contribution in [2.24, 2.45) is 5.10 Å². The predicted molar refractivity (Wildman–Crippen MR) is 72.1 cm³/mol. The third-order valence-corrected chi connectivity index (χ3v) is 2.52. The zero-order valence-corrected chi connectivity index (χ0v) is 10.4. The van der Waals surface area contributed by atoms with Crippen molar-refractivity contribution in [1.82, 2.24) is 0 Å². The van der Waals surface area contributed by atoms with Crippen molar-refractivity contribution in [1.29, 1.82) is 0 Å². The van der Waals surface area contributed by atoms with Gasteiger partial charge in [0.05, 0.1) is 5.69 Å². The lowest BCUT2D eigenvalue weighted by Crippen LogP contribution is -1.89. The third-order valence-electron chi connectivity index (χ3n) is 2.52. The largest absolute Gasteiger partial charge is 0.279 e. The number of hydrogen-bond donors (Lipinski definition) is 1. The molecule has 1 rings (SSSR count). The minimum Gasteiger partial charge on any atom is -0.279 e. The lowest BCUT2D eigenvalue weighted by Gasteiger charge is -2.00. The quantitative estimate of drug-likeness (QED) is 0.410. The highest BCUT2D eigenvalue weighted by Crippen LogP contribution is 2.08. The van der Waals surface area contributed by atoms with E-state index in [2.05, 4.69) is 36.5 Å². The van der Waals surface area contributed by atoms with Crippen molar-refractivity contribution in [2.45, 2.75) is 46.0 Å². The number of aryl methyl sites for hydroxylation is 1. The average Bonchev–Trinajstić information content (AvgIpc) is 2.30. The molecule has 0 spiro atoms. The number of benzene rings is 1. The molecule has 0 aromatic heterocycles. The normalized spacial score (nSPS) is 10.9. The van der Waals surface area contributed by atoms with Gasteiger partial charge in [-0.15, -0.1) is 0 Å². The Morgan fingerprint density at radius 2 is 1.88 bits per heavy atom. The van der Waals surface area contributed by atoms with Crippen LogP contribution in [-0.4, -0.2) is 6.21 Å². The van der Waals surface area contributed by atoms with Gasteiger partial charge in [-0.05, 0) is 31.9 Å². The first-order valence-electron chi connectivity index (χ1n) is 6.17. The van der Waals surface area contributed by atoms with Gasteiger partial charge in [0, 0.05) is 6.21 Å². The van der Waals surface area contributed by atoms with Gasteiger partial charge in [-0.25, -0.2) is 0 Å². The average molecular weight is 218 g/mol. The summed E-state index contributed by atoms with van der Waals surface area (Å²) in [5.74, 6) is 0. The van der Waals surface area contributed by atoms with Crippen molar-refractivity contribution < 1.29 is 0 Å². The second-order valence-electron chi connectivity index (χ2n) is 4.14. The molecule has 0 aliphatic heterocycles. The first-order valence-corrected chi connectivity index (χ1v) is 6.17. The zero-order chi connectivity index (χ0) is 11.6. The Hall–Kier alpha value is -1.31. The molecular weight excluding hydrogens is 196 g/mol. The molecule has 0 saturated heterocycles. The fourth-order valence-corrected chi connectivity index (χ4v) is 1.48. The van der Waals surface area contributed by atoms with Crippen LogP contribution in [0, 0.1) is 6.92 Å². The number of anilines is 1. The Morgan fingerprint density at radius 1 is 1.12 bits per heavy atom. The van der Waals surface area contributed by atoms with Gasteiger partial charge in [0.25, 0.3) is 0 Å². The van der Waals surface area contributed by atoms with Gasteiger partial charge in [0.15, 0.2) is 0 Å². The Balaban J connectivity index is 2.14. The Labute approximate surface area is 98.8 Å². The lowest BCUT2D eigenvalue weighted by molar-refractivity contribution is 0.685. The topological polar surface area (TPSA) is 24.4 Å². The second-order valence-corrected chi connectivity index (χ2v) is 4.14. The molecule has 0 bridgehead atoms. The first kappa shape index (κ1) is 12.8. The Kier molecular flexibility index (Phi) is 6.31. The Bertz CT molecular complexity index is 301. The molecule has 0 heterocycles. The fourth-order valence-electron chi connectivity index (χ4n) is 1.48. The molecule has 1 aromatic carbocycles. The van der Waals surface area contributed by atoms with Crippen molar-refractivity contribution in [3.63, 3.8) is 0 Å². The summed E-state index contributed by atoms with van der Waals surface area (Å²) in [5, 5.41) is 4.19. The standard InChI is InChI=1S/C14H22N2/c1-3-4-5-6-7-12-15-16-14-10-8-13(2)9-11-14/h8-12,16H,3-7H2,1-2H3/b15-12+. The highest BCUT2D eigenvalue weighted by atomic mass is 15.3. The molecule has 0 radical (unpaired) electrons. The summed E-state index contributed by atoms with van der Waals surface area (Å²) in [6.07, 6.45) is 8.21. The van der Waals surface area contributed by atoms with Crippen LogP contribution in [0.5, 0.6) is 0 Å². The van der Waals surface area contributed by atoms with Crippen molar-refractivity contribution in [2.75, 3.05) is 5.43 Å². The summed E-state index contributed by atoms with van der Waals surface area (Å²) >= 11 is 0. The van der Waals surface area contributed by atoms with Crippen molar-refractivity contribution in [3.8, 4) is 0 Å². The molecule has 1 N–H and O–H groups in total. The van der Waals surface area contributed by atoms with E-state index in [-0.39, 0.29) is 0 Å². The number of nitrogens with zero attached hydrogens (tertiary/aromatic N) is 1. The maximum Gasteiger partial charge on any atom is 0.0561 e. The molecule has 1 aromatic rings. The summed E-state index contributed by atoms with van der Waals surface area (Å²) in [6.45, 7) is 4.31. The van der Waals surface area contributed by atoms with Crippen LogP contribution in [0.15, 0.2) is 29.4 Å². The molecule has 0 aliphatic rings. The highest BCUT2D eigenvalue weighted by Gasteiger charge is 1.88. The van der Waals surface area contributed by atoms with Crippen LogP contribution in [0.4, 0.5) is 5.69 Å². The summed E-state index contributed by atoms with van der Waals surface area (Å²) in [7, 11) is 0. The second kappa shape index (κ2) is 7.91. The van der Waals surface area contributed by atoms with Crippen LogP contribution < -0.4 is 5.43 Å². The third kappa shape index (κ3) is 5.54. The molecule has 0 aliphatic carbocycles. The van der Waals surface area contributed by atoms with Gasteiger partial charge in [0.1, 0.15) is 0 Å². The van der Waals surface area contributed by atoms with E-state index in [0.29, 0.717) is 0 Å². The molecule has 0 saturated carbocycles. The fraction of sp³-hybridized carbons (Fsp3) is 0.500. The van der Waals surface area contributed by atoms with Gasteiger partial charge in [-0.2, -0.15) is 5.10 Å². The first-order chi connectivity index (χ1) is 7.83. The lowest BCUT2D eigenvalue weighted by atomic mass is 10.2. The van der Waals surface area contributed by atoms with Gasteiger partial charge in [-0.1, -0.05) is 43.9 Å². The van der Waals surface area contributed by atoms with E-state index in [1.807, 2.05) is 18.3 Å². The van der Waals surface area contributed by atoms with Crippen LogP contribution in [0.3, 0.4) is 0 Å². The molecule has 2 heteroatoms. The van der Waals surface area contributed by atoms with Crippen LogP contribution in [-0.2, 0) is 0 Å². The summed E-state index contributed by atoms with van der Waals surface area (Å²) in [5.41, 5.74) is 5.36. The monoisotopic (exact) mass is 218 g/mol. The molecule has 0 amide bonds. The zero-order valence-electron chi connectivity index (χ0n) is 10.4. The number of rotatable bonds is 7. The minimum absolute atomic E-state index is 1.05. The van der Waals surface area contributed by atoms with E-state index in [9.17, 15) is 0 Å². The number of hydrazone groups is 1. The molecular formula is C14H22N2. The number of nitrogens with one attached hydrogen (secondary N) is 1. The number of hydrogen-bond acceptors (Lipinski definition) is 2. The number of unbranched alkanes of at least 4 members (excludes halogenated alkanes) is 4. The van der Waals surface area contributed by atoms with Gasteiger partial charge < -0.3 is 0 Å². The Morgan fingerprint density at radius 3 is 2.56 bits per heavy atom. The highest BCUT2D eigenvalue weighted by molar-refractivity contribution is 5.59. The summed E-state index contributed by atoms with van der Waals surface area (Å²) in [4.78, 5) is 0. The molecule has 0 unspecified atom stereocenters. The van der Waals surface area contributed by atoms with Crippen LogP contribution in [0.25, 0.3) is 0 Å². The smallest absolute Gasteiger partial charge is 0.0561 e. The summed E-state index contributed by atoms with van der Waals surface area (Å²) < 4.78 is 0. The van der Waals surface area contributed by atoms with Gasteiger partial charge in [-0.3, -0.25) is 5.43 Å². The molecule has 2 nitrogen and oxygen atoms in total. The van der Waals surface area contributed by atoms with E-state index in [4.69, 9.17) is 0 Å². The van der Waals surface area contributed by atoms with Crippen LogP contribution in [0.2, 0.25) is 0 Å². The van der Waals surface area contributed by atoms with E-state index in [1.54, 1.807) is 0 Å². The maximum atomic E-state index is 4.19.